The first-order valence-corrected chi connectivity index (χ1v) is 17.3. The zero-order valence-electron chi connectivity index (χ0n) is 27.8. The van der Waals surface area contributed by atoms with E-state index in [4.69, 9.17) is 9.47 Å². The summed E-state index contributed by atoms with van der Waals surface area (Å²) in [5.41, 5.74) is 2.40. The Balaban J connectivity index is 1.17. The maximum atomic E-state index is 15.3. The lowest BCUT2D eigenvalue weighted by Crippen LogP contribution is -2.11. The van der Waals surface area contributed by atoms with Gasteiger partial charge in [-0.05, 0) is 123 Å². The summed E-state index contributed by atoms with van der Waals surface area (Å²) in [6.45, 7) is 4.62. The monoisotopic (exact) mass is 670 g/mol. The lowest BCUT2D eigenvalue weighted by molar-refractivity contribution is 0.288. The number of hydrogen-bond donors (Lipinski definition) is 0. The number of benzene rings is 3. The molecule has 0 bridgehead atoms. The highest BCUT2D eigenvalue weighted by molar-refractivity contribution is 5.68. The van der Waals surface area contributed by atoms with Crippen molar-refractivity contribution in [2.75, 3.05) is 13.2 Å². The topological polar surface area (TPSA) is 18.5 Å². The molecule has 0 radical (unpaired) electrons. The molecule has 2 nitrogen and oxygen atoms in total. The van der Waals surface area contributed by atoms with Crippen LogP contribution < -0.4 is 9.47 Å². The van der Waals surface area contributed by atoms with Crippen molar-refractivity contribution in [1.29, 1.82) is 0 Å². The summed E-state index contributed by atoms with van der Waals surface area (Å²) >= 11 is 0. The highest BCUT2D eigenvalue weighted by Crippen LogP contribution is 2.40. The second kappa shape index (κ2) is 16.6. The highest BCUT2D eigenvalue weighted by Gasteiger charge is 2.26. The number of ether oxygens (including phenoxy) is 2. The number of allylic oxidation sites excluding steroid dienone is 4. The second-order valence-corrected chi connectivity index (χ2v) is 12.9. The minimum Gasteiger partial charge on any atom is -0.490 e. The molecule has 0 aromatic heterocycles. The average molecular weight is 671 g/mol. The van der Waals surface area contributed by atoms with Gasteiger partial charge in [0.25, 0.3) is 0 Å². The Kier molecular flexibility index (Phi) is 12.3. The van der Waals surface area contributed by atoms with Crippen molar-refractivity contribution in [3.63, 3.8) is 0 Å². The van der Waals surface area contributed by atoms with Gasteiger partial charge in [0.2, 0.25) is 11.6 Å². The van der Waals surface area contributed by atoms with Crippen LogP contribution in [-0.4, -0.2) is 13.2 Å². The zero-order chi connectivity index (χ0) is 34.2. The highest BCUT2D eigenvalue weighted by atomic mass is 19.2. The molecule has 5 rings (SSSR count). The van der Waals surface area contributed by atoms with E-state index in [1.807, 2.05) is 19.9 Å². The summed E-state index contributed by atoms with van der Waals surface area (Å²) < 4.78 is 100. The van der Waals surface area contributed by atoms with Crippen LogP contribution in [0.2, 0.25) is 0 Å². The second-order valence-electron chi connectivity index (χ2n) is 12.9. The number of aryl methyl sites for hydroxylation is 1. The van der Waals surface area contributed by atoms with Crippen LogP contribution in [0.4, 0.5) is 26.3 Å². The van der Waals surface area contributed by atoms with Crippen LogP contribution in [-0.2, 0) is 6.42 Å². The van der Waals surface area contributed by atoms with E-state index < -0.39 is 34.9 Å². The molecule has 3 aromatic carbocycles. The summed E-state index contributed by atoms with van der Waals surface area (Å²) in [7, 11) is 0. The molecule has 0 amide bonds. The van der Waals surface area contributed by atoms with E-state index in [0.29, 0.717) is 74.9 Å². The fourth-order valence-corrected chi connectivity index (χ4v) is 6.66. The van der Waals surface area contributed by atoms with E-state index in [0.717, 1.165) is 37.7 Å². The SMILES string of the molecule is CCCCOc1ccc(C2=CCC(CCc3ccc(C4CC=C(c5ccc(OCCCC)c(F)c5F)CC4)c(F)c3F)CC2)c(F)c1F. The quantitative estimate of drug-likeness (QED) is 0.126. The summed E-state index contributed by atoms with van der Waals surface area (Å²) in [6.07, 6.45) is 11.2. The third-order valence-corrected chi connectivity index (χ3v) is 9.68. The fraction of sp³-hybridized carbons (Fsp3) is 0.450. The molecule has 0 aliphatic heterocycles. The first-order chi connectivity index (χ1) is 23.2. The normalized spacial score (nSPS) is 18.0. The van der Waals surface area contributed by atoms with E-state index in [1.165, 1.54) is 18.2 Å². The molecule has 8 heteroatoms. The first kappa shape index (κ1) is 35.6. The van der Waals surface area contributed by atoms with Crippen molar-refractivity contribution >= 4 is 11.1 Å². The molecule has 2 atom stereocenters. The van der Waals surface area contributed by atoms with Gasteiger partial charge in [0, 0.05) is 11.1 Å². The minimum atomic E-state index is -1.01. The zero-order valence-corrected chi connectivity index (χ0v) is 27.8. The molecule has 48 heavy (non-hydrogen) atoms. The average Bonchev–Trinajstić information content (AvgIpc) is 3.10. The van der Waals surface area contributed by atoms with Gasteiger partial charge >= 0.3 is 0 Å². The maximum absolute atomic E-state index is 15.3. The standard InChI is InChI=1S/C40H44F6O2/c1-3-5-23-47-33-21-19-31(37(43)39(33)45)26-10-7-25(8-11-26)9-12-29-17-18-30(36(42)35(29)41)27-13-15-28(16-14-27)32-20-22-34(40(46)38(32)44)48-24-6-4-2/h10,15,17-22,25,27H,3-9,11-14,16,23-24H2,1-2H3. The van der Waals surface area contributed by atoms with Gasteiger partial charge in [-0.15, -0.1) is 0 Å². The van der Waals surface area contributed by atoms with Gasteiger partial charge in [-0.2, -0.15) is 8.78 Å². The molecule has 0 saturated carbocycles. The predicted molar refractivity (Wildman–Crippen MR) is 178 cm³/mol. The lowest BCUT2D eigenvalue weighted by Gasteiger charge is -2.25. The number of hydrogen-bond acceptors (Lipinski definition) is 2. The Morgan fingerprint density at radius 1 is 0.604 bits per heavy atom. The Bertz CT molecular complexity index is 1650. The molecular weight excluding hydrogens is 626 g/mol. The Hall–Kier alpha value is -3.68. The van der Waals surface area contributed by atoms with E-state index in [1.54, 1.807) is 24.3 Å². The Morgan fingerprint density at radius 3 is 1.67 bits per heavy atom. The third-order valence-electron chi connectivity index (χ3n) is 9.68. The van der Waals surface area contributed by atoms with Crippen molar-refractivity contribution in [1.82, 2.24) is 0 Å². The van der Waals surface area contributed by atoms with Gasteiger partial charge in [0.05, 0.1) is 13.2 Å². The molecule has 0 saturated heterocycles. The summed E-state index contributed by atoms with van der Waals surface area (Å²) in [6, 6.07) is 9.29. The van der Waals surface area contributed by atoms with Crippen molar-refractivity contribution in [3.05, 3.63) is 106 Å². The number of halogens is 6. The smallest absolute Gasteiger partial charge is 0.201 e. The Labute approximate surface area is 279 Å². The third kappa shape index (κ3) is 8.12. The van der Waals surface area contributed by atoms with Gasteiger partial charge in [0.1, 0.15) is 0 Å². The van der Waals surface area contributed by atoms with Crippen LogP contribution in [0.25, 0.3) is 11.1 Å². The van der Waals surface area contributed by atoms with E-state index in [-0.39, 0.29) is 34.5 Å². The molecule has 0 heterocycles. The van der Waals surface area contributed by atoms with E-state index in [9.17, 15) is 17.6 Å². The molecule has 0 spiro atoms. The van der Waals surface area contributed by atoms with Gasteiger partial charge < -0.3 is 9.47 Å². The minimum absolute atomic E-state index is 0.0782. The molecule has 258 valence electrons. The van der Waals surface area contributed by atoms with Crippen molar-refractivity contribution in [2.24, 2.45) is 5.92 Å². The molecule has 3 aromatic rings. The van der Waals surface area contributed by atoms with E-state index >= 15 is 8.78 Å². The molecular formula is C40H44F6O2. The van der Waals surface area contributed by atoms with Crippen LogP contribution >= 0.6 is 0 Å². The van der Waals surface area contributed by atoms with Gasteiger partial charge in [-0.3, -0.25) is 0 Å². The number of rotatable bonds is 14. The van der Waals surface area contributed by atoms with Crippen LogP contribution in [0.15, 0.2) is 48.6 Å². The number of unbranched alkanes of at least 4 members (excludes halogenated alkanes) is 2. The summed E-state index contributed by atoms with van der Waals surface area (Å²) in [5, 5.41) is 0. The molecule has 2 aliphatic rings. The van der Waals surface area contributed by atoms with Gasteiger partial charge in [-0.1, -0.05) is 51.0 Å². The van der Waals surface area contributed by atoms with Gasteiger partial charge in [-0.25, -0.2) is 17.6 Å². The van der Waals surface area contributed by atoms with Crippen LogP contribution in [0.5, 0.6) is 11.5 Å². The van der Waals surface area contributed by atoms with Crippen LogP contribution in [0.1, 0.15) is 113 Å². The Morgan fingerprint density at radius 2 is 1.17 bits per heavy atom. The summed E-state index contributed by atoms with van der Waals surface area (Å²) in [5.74, 6) is -5.79. The molecule has 2 unspecified atom stereocenters. The van der Waals surface area contributed by atoms with E-state index in [2.05, 4.69) is 0 Å². The van der Waals surface area contributed by atoms with Gasteiger partial charge in [0.15, 0.2) is 34.8 Å². The molecule has 0 N–H and O–H groups in total. The lowest BCUT2D eigenvalue weighted by atomic mass is 9.81. The first-order valence-electron chi connectivity index (χ1n) is 17.3. The molecule has 0 fully saturated rings. The maximum Gasteiger partial charge on any atom is 0.201 e. The van der Waals surface area contributed by atoms with Crippen LogP contribution in [0, 0.1) is 40.8 Å². The predicted octanol–water partition coefficient (Wildman–Crippen LogP) is 12.0. The van der Waals surface area contributed by atoms with Crippen molar-refractivity contribution in [3.8, 4) is 11.5 Å². The fourth-order valence-electron chi connectivity index (χ4n) is 6.66. The van der Waals surface area contributed by atoms with Crippen LogP contribution in [0.3, 0.4) is 0 Å². The van der Waals surface area contributed by atoms with Crippen molar-refractivity contribution < 1.29 is 35.8 Å². The summed E-state index contributed by atoms with van der Waals surface area (Å²) in [4.78, 5) is 0. The largest absolute Gasteiger partial charge is 0.490 e. The molecule has 2 aliphatic carbocycles. The van der Waals surface area contributed by atoms with Crippen molar-refractivity contribution in [2.45, 2.75) is 96.8 Å².